The van der Waals surface area contributed by atoms with Crippen molar-refractivity contribution in [1.82, 2.24) is 5.32 Å². The highest BCUT2D eigenvalue weighted by molar-refractivity contribution is 6.05. The predicted octanol–water partition coefficient (Wildman–Crippen LogP) is 4.23. The average Bonchev–Trinajstić information content (AvgIpc) is 3.28. The Bertz CT molecular complexity index is 1060. The van der Waals surface area contributed by atoms with Crippen molar-refractivity contribution in [2.75, 3.05) is 16.8 Å². The number of amides is 2. The van der Waals surface area contributed by atoms with Crippen LogP contribution in [-0.2, 0) is 13.0 Å². The van der Waals surface area contributed by atoms with E-state index in [0.29, 0.717) is 11.3 Å². The van der Waals surface area contributed by atoms with Crippen molar-refractivity contribution < 1.29 is 14.0 Å². The summed E-state index contributed by atoms with van der Waals surface area (Å²) in [5.74, 6) is -0.289. The molecule has 6 heteroatoms. The molecule has 1 aliphatic rings. The number of fused-ring (bicyclic) bond motifs is 1. The van der Waals surface area contributed by atoms with Gasteiger partial charge in [0.25, 0.3) is 11.8 Å². The lowest BCUT2D eigenvalue weighted by Crippen LogP contribution is -2.35. The lowest BCUT2D eigenvalue weighted by Gasteiger charge is -2.32. The molecule has 4 rings (SSSR count). The molecule has 154 valence electrons. The molecule has 2 heterocycles. The third-order valence-corrected chi connectivity index (χ3v) is 5.14. The first-order valence-corrected chi connectivity index (χ1v) is 10.1. The van der Waals surface area contributed by atoms with Crippen LogP contribution in [0, 0.1) is 0 Å². The first-order chi connectivity index (χ1) is 14.5. The van der Waals surface area contributed by atoms with E-state index in [1.165, 1.54) is 17.4 Å². The molecular formula is C24H25N3O3. The summed E-state index contributed by atoms with van der Waals surface area (Å²) < 4.78 is 5.15. The van der Waals surface area contributed by atoms with Crippen LogP contribution >= 0.6 is 0 Å². The quantitative estimate of drug-likeness (QED) is 0.668. The van der Waals surface area contributed by atoms with E-state index in [-0.39, 0.29) is 23.6 Å². The minimum Gasteiger partial charge on any atom is -0.459 e. The van der Waals surface area contributed by atoms with Crippen LogP contribution < -0.4 is 15.5 Å². The topological polar surface area (TPSA) is 74.6 Å². The maximum absolute atomic E-state index is 13.0. The number of carbonyl (C=O) groups excluding carboxylic acids is 2. The van der Waals surface area contributed by atoms with Gasteiger partial charge >= 0.3 is 0 Å². The zero-order chi connectivity index (χ0) is 21.1. The number of hydrogen-bond acceptors (Lipinski definition) is 4. The minimum absolute atomic E-state index is 0.00815. The van der Waals surface area contributed by atoms with E-state index < -0.39 is 0 Å². The normalized spacial score (nSPS) is 13.1. The molecule has 0 atom stereocenters. The number of rotatable bonds is 5. The molecule has 30 heavy (non-hydrogen) atoms. The van der Waals surface area contributed by atoms with Gasteiger partial charge in [0.15, 0.2) is 5.76 Å². The Labute approximate surface area is 175 Å². The summed E-state index contributed by atoms with van der Waals surface area (Å²) in [6.07, 6.45) is 2.38. The third-order valence-electron chi connectivity index (χ3n) is 5.14. The van der Waals surface area contributed by atoms with Crippen LogP contribution in [0.3, 0.4) is 0 Å². The highest BCUT2D eigenvalue weighted by Gasteiger charge is 2.22. The van der Waals surface area contributed by atoms with Gasteiger partial charge < -0.3 is 20.0 Å². The summed E-state index contributed by atoms with van der Waals surface area (Å²) >= 11 is 0. The second kappa shape index (κ2) is 8.45. The Morgan fingerprint density at radius 3 is 2.53 bits per heavy atom. The van der Waals surface area contributed by atoms with Crippen LogP contribution in [0.2, 0.25) is 0 Å². The summed E-state index contributed by atoms with van der Waals surface area (Å²) in [5.41, 5.74) is 4.57. The minimum atomic E-state index is -0.352. The Hall–Kier alpha value is -3.54. The fourth-order valence-corrected chi connectivity index (χ4v) is 3.71. The van der Waals surface area contributed by atoms with E-state index in [0.717, 1.165) is 25.2 Å². The van der Waals surface area contributed by atoms with Gasteiger partial charge in [-0.15, -0.1) is 0 Å². The van der Waals surface area contributed by atoms with Gasteiger partial charge in [-0.25, -0.2) is 0 Å². The molecule has 3 aromatic rings. The molecule has 0 bridgehead atoms. The first-order valence-electron chi connectivity index (χ1n) is 10.1. The van der Waals surface area contributed by atoms with Crippen LogP contribution in [0.1, 0.15) is 45.9 Å². The summed E-state index contributed by atoms with van der Waals surface area (Å²) in [4.78, 5) is 27.5. The highest BCUT2D eigenvalue weighted by Crippen LogP contribution is 2.30. The van der Waals surface area contributed by atoms with Crippen molar-refractivity contribution in [3.8, 4) is 0 Å². The van der Waals surface area contributed by atoms with E-state index in [1.807, 2.05) is 32.0 Å². The zero-order valence-electron chi connectivity index (χ0n) is 17.1. The van der Waals surface area contributed by atoms with E-state index in [9.17, 15) is 9.59 Å². The number of hydrogen-bond donors (Lipinski definition) is 2. The predicted molar refractivity (Wildman–Crippen MR) is 117 cm³/mol. The Morgan fingerprint density at radius 1 is 1.00 bits per heavy atom. The monoisotopic (exact) mass is 403 g/mol. The molecule has 0 radical (unpaired) electrons. The Morgan fingerprint density at radius 2 is 1.80 bits per heavy atom. The Kier molecular flexibility index (Phi) is 5.57. The molecule has 0 unspecified atom stereocenters. The van der Waals surface area contributed by atoms with Gasteiger partial charge in [-0.3, -0.25) is 9.59 Å². The molecule has 0 spiro atoms. The van der Waals surface area contributed by atoms with E-state index >= 15 is 0 Å². The number of nitrogens with one attached hydrogen (secondary N) is 2. The van der Waals surface area contributed by atoms with Crippen molar-refractivity contribution in [3.63, 3.8) is 0 Å². The lowest BCUT2D eigenvalue weighted by atomic mass is 9.98. The maximum atomic E-state index is 13.0. The second-order valence-corrected chi connectivity index (χ2v) is 7.73. The van der Waals surface area contributed by atoms with Crippen molar-refractivity contribution in [3.05, 3.63) is 83.3 Å². The molecule has 2 aromatic carbocycles. The van der Waals surface area contributed by atoms with Crippen molar-refractivity contribution in [2.24, 2.45) is 0 Å². The zero-order valence-corrected chi connectivity index (χ0v) is 17.1. The van der Waals surface area contributed by atoms with E-state index in [4.69, 9.17) is 4.42 Å². The van der Waals surface area contributed by atoms with Gasteiger partial charge in [-0.05, 0) is 61.7 Å². The van der Waals surface area contributed by atoms with Crippen molar-refractivity contribution in [2.45, 2.75) is 32.9 Å². The van der Waals surface area contributed by atoms with E-state index in [1.54, 1.807) is 18.2 Å². The number of benzene rings is 2. The highest BCUT2D eigenvalue weighted by atomic mass is 16.3. The van der Waals surface area contributed by atoms with Gasteiger partial charge in [0.05, 0.1) is 11.8 Å². The molecule has 1 aliphatic heterocycles. The average molecular weight is 403 g/mol. The summed E-state index contributed by atoms with van der Waals surface area (Å²) in [6.45, 7) is 5.43. The third kappa shape index (κ3) is 4.22. The van der Waals surface area contributed by atoms with Gasteiger partial charge in [-0.1, -0.05) is 24.3 Å². The smallest absolute Gasteiger partial charge is 0.291 e. The summed E-state index contributed by atoms with van der Waals surface area (Å²) in [5, 5.41) is 5.78. The molecular weight excluding hydrogens is 378 g/mol. The van der Waals surface area contributed by atoms with Gasteiger partial charge in [0.1, 0.15) is 0 Å². The molecule has 2 amide bonds. The van der Waals surface area contributed by atoms with Crippen LogP contribution in [0.4, 0.5) is 11.4 Å². The molecule has 2 N–H and O–H groups in total. The first kappa shape index (κ1) is 19.8. The van der Waals surface area contributed by atoms with Gasteiger partial charge in [-0.2, -0.15) is 0 Å². The van der Waals surface area contributed by atoms with Crippen LogP contribution in [0.25, 0.3) is 0 Å². The number of carbonyl (C=O) groups is 2. The van der Waals surface area contributed by atoms with E-state index in [2.05, 4.69) is 33.7 Å². The second-order valence-electron chi connectivity index (χ2n) is 7.73. The Balaban J connectivity index is 1.64. The molecule has 6 nitrogen and oxygen atoms in total. The van der Waals surface area contributed by atoms with Crippen LogP contribution in [0.5, 0.6) is 0 Å². The number of nitrogens with zero attached hydrogens (tertiary/aromatic N) is 1. The molecule has 0 aliphatic carbocycles. The SMILES string of the molecule is CC(C)NC(=O)c1cc(NC(=O)c2ccco2)ccc1N1CCc2ccccc2C1. The van der Waals surface area contributed by atoms with Crippen molar-refractivity contribution >= 4 is 23.2 Å². The molecule has 1 aromatic heterocycles. The largest absolute Gasteiger partial charge is 0.459 e. The number of furan rings is 1. The van der Waals surface area contributed by atoms with Crippen LogP contribution in [-0.4, -0.2) is 24.4 Å². The summed E-state index contributed by atoms with van der Waals surface area (Å²) in [7, 11) is 0. The fraction of sp³-hybridized carbons (Fsp3) is 0.250. The summed E-state index contributed by atoms with van der Waals surface area (Å²) in [6, 6.07) is 17.1. The fourth-order valence-electron chi connectivity index (χ4n) is 3.71. The van der Waals surface area contributed by atoms with Crippen LogP contribution in [0.15, 0.2) is 65.3 Å². The molecule has 0 fully saturated rings. The molecule has 0 saturated heterocycles. The van der Waals surface area contributed by atoms with Gasteiger partial charge in [0, 0.05) is 30.5 Å². The van der Waals surface area contributed by atoms with Gasteiger partial charge in [0.2, 0.25) is 0 Å². The lowest BCUT2D eigenvalue weighted by molar-refractivity contribution is 0.0941. The number of anilines is 2. The maximum Gasteiger partial charge on any atom is 0.291 e. The molecule has 0 saturated carbocycles. The van der Waals surface area contributed by atoms with Crippen molar-refractivity contribution in [1.29, 1.82) is 0 Å². The standard InChI is InChI=1S/C24H25N3O3/c1-16(2)25-23(28)20-14-19(26-24(29)22-8-5-13-30-22)9-10-21(20)27-12-11-17-6-3-4-7-18(17)15-27/h3-10,13-14,16H,11-12,15H2,1-2H3,(H,25,28)(H,26,29).